The lowest BCUT2D eigenvalue weighted by atomic mass is 10.1. The summed E-state index contributed by atoms with van der Waals surface area (Å²) in [6.45, 7) is 3.88. The van der Waals surface area contributed by atoms with E-state index in [4.69, 9.17) is 5.73 Å². The van der Waals surface area contributed by atoms with E-state index >= 15 is 0 Å². The molecule has 1 atom stereocenters. The van der Waals surface area contributed by atoms with Gasteiger partial charge in [-0.3, -0.25) is 0 Å². The van der Waals surface area contributed by atoms with Gasteiger partial charge in [-0.05, 0) is 50.1 Å². The molecule has 1 aliphatic rings. The predicted molar refractivity (Wildman–Crippen MR) is 62.3 cm³/mol. The van der Waals surface area contributed by atoms with Gasteiger partial charge < -0.3 is 15.7 Å². The van der Waals surface area contributed by atoms with Gasteiger partial charge in [0.1, 0.15) is 5.75 Å². The molecule has 0 bridgehead atoms. The molecule has 1 heterocycles. The van der Waals surface area contributed by atoms with Crippen molar-refractivity contribution in [1.29, 1.82) is 0 Å². The number of fused-ring (bicyclic) bond motifs is 1. The van der Waals surface area contributed by atoms with Crippen molar-refractivity contribution in [2.75, 3.05) is 18.0 Å². The van der Waals surface area contributed by atoms with Crippen LogP contribution in [0.1, 0.15) is 18.9 Å². The van der Waals surface area contributed by atoms with Crippen molar-refractivity contribution in [3.8, 4) is 5.75 Å². The maximum Gasteiger partial charge on any atom is 0.116 e. The van der Waals surface area contributed by atoms with Crippen molar-refractivity contribution in [3.63, 3.8) is 0 Å². The van der Waals surface area contributed by atoms with Crippen molar-refractivity contribution in [2.24, 2.45) is 5.73 Å². The van der Waals surface area contributed by atoms with E-state index in [-0.39, 0.29) is 0 Å². The third kappa shape index (κ3) is 1.79. The van der Waals surface area contributed by atoms with Gasteiger partial charge in [0.2, 0.25) is 0 Å². The molecule has 3 heteroatoms. The summed E-state index contributed by atoms with van der Waals surface area (Å²) in [6, 6.07) is 6.14. The van der Waals surface area contributed by atoms with Crippen LogP contribution in [0.4, 0.5) is 5.69 Å². The van der Waals surface area contributed by atoms with E-state index in [1.54, 1.807) is 6.07 Å². The number of phenols is 1. The van der Waals surface area contributed by atoms with Crippen LogP contribution in [0.25, 0.3) is 0 Å². The molecule has 15 heavy (non-hydrogen) atoms. The second-order valence-electron chi connectivity index (χ2n) is 4.03. The molecule has 0 saturated carbocycles. The highest BCUT2D eigenvalue weighted by Gasteiger charge is 2.27. The Balaban J connectivity index is 2.28. The number of nitrogens with zero attached hydrogens (tertiary/aromatic N) is 1. The topological polar surface area (TPSA) is 49.5 Å². The van der Waals surface area contributed by atoms with E-state index in [0.29, 0.717) is 11.8 Å². The molecule has 0 fully saturated rings. The van der Waals surface area contributed by atoms with Crippen LogP contribution >= 0.6 is 0 Å². The molecular weight excluding hydrogens is 188 g/mol. The third-order valence-electron chi connectivity index (χ3n) is 3.11. The van der Waals surface area contributed by atoms with E-state index < -0.39 is 0 Å². The Bertz CT molecular complexity index is 351. The molecule has 1 aliphatic heterocycles. The van der Waals surface area contributed by atoms with Gasteiger partial charge in [0.05, 0.1) is 0 Å². The molecule has 0 saturated heterocycles. The molecule has 0 amide bonds. The van der Waals surface area contributed by atoms with Gasteiger partial charge in [-0.2, -0.15) is 0 Å². The Hall–Kier alpha value is -1.22. The first-order chi connectivity index (χ1) is 7.26. The lowest BCUT2D eigenvalue weighted by molar-refractivity contribution is 0.475. The molecule has 1 unspecified atom stereocenters. The average molecular weight is 206 g/mol. The highest BCUT2D eigenvalue weighted by Crippen LogP contribution is 2.35. The maximum atomic E-state index is 9.43. The SMILES string of the molecule is CCN1c2ccc(O)cc2CC1CCN. The van der Waals surface area contributed by atoms with Crippen LogP contribution < -0.4 is 10.6 Å². The van der Waals surface area contributed by atoms with Crippen LogP contribution in [-0.4, -0.2) is 24.2 Å². The largest absolute Gasteiger partial charge is 0.508 e. The van der Waals surface area contributed by atoms with Gasteiger partial charge in [0.25, 0.3) is 0 Å². The Morgan fingerprint density at radius 1 is 1.53 bits per heavy atom. The second-order valence-corrected chi connectivity index (χ2v) is 4.03. The summed E-state index contributed by atoms with van der Waals surface area (Å²) >= 11 is 0. The molecule has 1 aromatic rings. The van der Waals surface area contributed by atoms with Gasteiger partial charge in [-0.25, -0.2) is 0 Å². The smallest absolute Gasteiger partial charge is 0.116 e. The average Bonchev–Trinajstić information content (AvgIpc) is 2.54. The van der Waals surface area contributed by atoms with E-state index in [1.165, 1.54) is 11.3 Å². The van der Waals surface area contributed by atoms with E-state index in [1.807, 2.05) is 12.1 Å². The molecule has 1 aromatic carbocycles. The predicted octanol–water partition coefficient (Wildman–Crippen LogP) is 1.49. The Morgan fingerprint density at radius 3 is 3.00 bits per heavy atom. The zero-order valence-corrected chi connectivity index (χ0v) is 9.11. The van der Waals surface area contributed by atoms with E-state index in [2.05, 4.69) is 11.8 Å². The first kappa shape index (κ1) is 10.3. The number of anilines is 1. The molecular formula is C12H18N2O. The summed E-state index contributed by atoms with van der Waals surface area (Å²) in [7, 11) is 0. The minimum atomic E-state index is 0.359. The molecule has 0 radical (unpaired) electrons. The molecule has 3 nitrogen and oxygen atoms in total. The van der Waals surface area contributed by atoms with Crippen LogP contribution in [0.3, 0.4) is 0 Å². The number of nitrogens with two attached hydrogens (primary N) is 1. The van der Waals surface area contributed by atoms with Crippen LogP contribution in [0.15, 0.2) is 18.2 Å². The zero-order valence-electron chi connectivity index (χ0n) is 9.11. The van der Waals surface area contributed by atoms with Gasteiger partial charge in [0, 0.05) is 18.3 Å². The van der Waals surface area contributed by atoms with Crippen LogP contribution in [0.5, 0.6) is 5.75 Å². The van der Waals surface area contributed by atoms with Gasteiger partial charge in [-0.1, -0.05) is 0 Å². The van der Waals surface area contributed by atoms with Gasteiger partial charge >= 0.3 is 0 Å². The maximum absolute atomic E-state index is 9.43. The standard InChI is InChI=1S/C12H18N2O/c1-2-14-10(5-6-13)7-9-8-11(15)3-4-12(9)14/h3-4,8,10,15H,2,5-7,13H2,1H3. The van der Waals surface area contributed by atoms with E-state index in [0.717, 1.165) is 25.9 Å². The lowest BCUT2D eigenvalue weighted by Crippen LogP contribution is -2.33. The summed E-state index contributed by atoms with van der Waals surface area (Å²) in [5, 5.41) is 9.43. The van der Waals surface area contributed by atoms with Crippen molar-refractivity contribution >= 4 is 5.69 Å². The summed E-state index contributed by atoms with van der Waals surface area (Å²) in [5.41, 5.74) is 8.12. The first-order valence-electron chi connectivity index (χ1n) is 5.55. The number of rotatable bonds is 3. The highest BCUT2D eigenvalue weighted by molar-refractivity contribution is 5.61. The molecule has 82 valence electrons. The molecule has 3 N–H and O–H groups in total. The fourth-order valence-corrected chi connectivity index (χ4v) is 2.46. The van der Waals surface area contributed by atoms with Gasteiger partial charge in [0.15, 0.2) is 0 Å². The fourth-order valence-electron chi connectivity index (χ4n) is 2.46. The van der Waals surface area contributed by atoms with Gasteiger partial charge in [-0.15, -0.1) is 0 Å². The molecule has 0 aromatic heterocycles. The van der Waals surface area contributed by atoms with Crippen molar-refractivity contribution in [2.45, 2.75) is 25.8 Å². The lowest BCUT2D eigenvalue weighted by Gasteiger charge is -2.25. The quantitative estimate of drug-likeness (QED) is 0.787. The molecule has 0 aliphatic carbocycles. The number of hydrogen-bond donors (Lipinski definition) is 2. The highest BCUT2D eigenvalue weighted by atomic mass is 16.3. The number of phenolic OH excluding ortho intramolecular Hbond substituents is 1. The molecule has 0 spiro atoms. The number of likely N-dealkylation sites (N-methyl/N-ethyl adjacent to an activating group) is 1. The third-order valence-corrected chi connectivity index (χ3v) is 3.11. The van der Waals surface area contributed by atoms with Crippen LogP contribution in [0, 0.1) is 0 Å². The normalized spacial score (nSPS) is 19.3. The molecule has 2 rings (SSSR count). The minimum Gasteiger partial charge on any atom is -0.508 e. The Labute approximate surface area is 90.5 Å². The van der Waals surface area contributed by atoms with Crippen molar-refractivity contribution in [3.05, 3.63) is 23.8 Å². The van der Waals surface area contributed by atoms with Crippen molar-refractivity contribution < 1.29 is 5.11 Å². The Morgan fingerprint density at radius 2 is 2.33 bits per heavy atom. The summed E-state index contributed by atoms with van der Waals surface area (Å²) in [4.78, 5) is 2.38. The number of aromatic hydroxyl groups is 1. The summed E-state index contributed by atoms with van der Waals surface area (Å²) in [6.07, 6.45) is 2.03. The minimum absolute atomic E-state index is 0.359. The summed E-state index contributed by atoms with van der Waals surface area (Å²) < 4.78 is 0. The first-order valence-corrected chi connectivity index (χ1v) is 5.55. The number of benzene rings is 1. The van der Waals surface area contributed by atoms with Crippen LogP contribution in [0.2, 0.25) is 0 Å². The number of hydrogen-bond acceptors (Lipinski definition) is 3. The zero-order chi connectivity index (χ0) is 10.8. The fraction of sp³-hybridized carbons (Fsp3) is 0.500. The van der Waals surface area contributed by atoms with E-state index in [9.17, 15) is 5.11 Å². The monoisotopic (exact) mass is 206 g/mol. The second kappa shape index (κ2) is 4.11. The van der Waals surface area contributed by atoms with Crippen LogP contribution in [-0.2, 0) is 6.42 Å². The Kier molecular flexibility index (Phi) is 2.82. The van der Waals surface area contributed by atoms with Crippen molar-refractivity contribution in [1.82, 2.24) is 0 Å². The summed E-state index contributed by atoms with van der Waals surface area (Å²) in [5.74, 6) is 0.359.